The molecule has 0 bridgehead atoms. The van der Waals surface area contributed by atoms with Crippen molar-refractivity contribution in [1.82, 2.24) is 4.90 Å². The summed E-state index contributed by atoms with van der Waals surface area (Å²) in [5.74, 6) is -0.0612. The lowest BCUT2D eigenvalue weighted by Gasteiger charge is -2.25. The predicted molar refractivity (Wildman–Crippen MR) is 114 cm³/mol. The number of anilines is 1. The van der Waals surface area contributed by atoms with Crippen molar-refractivity contribution in [2.24, 2.45) is 5.92 Å². The highest BCUT2D eigenvalue weighted by atomic mass is 16.6. The molecule has 2 aromatic rings. The van der Waals surface area contributed by atoms with E-state index in [1.165, 1.54) is 16.7 Å². The van der Waals surface area contributed by atoms with Crippen LogP contribution in [0.3, 0.4) is 0 Å². The molecule has 2 aliphatic rings. The second kappa shape index (κ2) is 7.54. The van der Waals surface area contributed by atoms with Crippen molar-refractivity contribution >= 4 is 17.7 Å². The largest absolute Gasteiger partial charge is 0.444 e. The molecular weight excluding hydrogens is 364 g/mol. The molecule has 0 N–H and O–H groups in total. The first kappa shape index (κ1) is 19.5. The molecule has 0 aliphatic carbocycles. The third-order valence-corrected chi connectivity index (χ3v) is 5.57. The fourth-order valence-electron chi connectivity index (χ4n) is 4.23. The average molecular weight is 392 g/mol. The summed E-state index contributed by atoms with van der Waals surface area (Å²) in [7, 11) is 0. The van der Waals surface area contributed by atoms with Crippen LogP contribution in [0.4, 0.5) is 10.5 Å². The molecule has 1 fully saturated rings. The van der Waals surface area contributed by atoms with Crippen LogP contribution in [0.15, 0.2) is 48.5 Å². The van der Waals surface area contributed by atoms with Gasteiger partial charge in [-0.1, -0.05) is 42.5 Å². The minimum absolute atomic E-state index is 0.111. The molecule has 0 radical (unpaired) electrons. The lowest BCUT2D eigenvalue weighted by atomic mass is 9.98. The van der Waals surface area contributed by atoms with Gasteiger partial charge in [-0.05, 0) is 56.4 Å². The second-order valence-electron chi connectivity index (χ2n) is 8.82. The van der Waals surface area contributed by atoms with Gasteiger partial charge in [-0.15, -0.1) is 0 Å². The van der Waals surface area contributed by atoms with Gasteiger partial charge in [-0.25, -0.2) is 4.79 Å². The first-order chi connectivity index (χ1) is 13.8. The second-order valence-corrected chi connectivity index (χ2v) is 8.82. The van der Waals surface area contributed by atoms with Crippen LogP contribution < -0.4 is 4.90 Å². The SMILES string of the molecule is CC(C)(C)OC(=O)N1CC[C@H](C(=O)N2CCc3c(-c4ccccc4)cccc32)C1. The van der Waals surface area contributed by atoms with E-state index in [0.717, 1.165) is 12.1 Å². The number of fused-ring (bicyclic) bond motifs is 1. The minimum atomic E-state index is -0.527. The Labute approximate surface area is 172 Å². The Morgan fingerprint density at radius 3 is 2.48 bits per heavy atom. The van der Waals surface area contributed by atoms with E-state index in [-0.39, 0.29) is 17.9 Å². The summed E-state index contributed by atoms with van der Waals surface area (Å²) in [4.78, 5) is 29.2. The molecular formula is C24H28N2O3. The number of carbonyl (C=O) groups excluding carboxylic acids is 2. The highest BCUT2D eigenvalue weighted by Gasteiger charge is 2.37. The molecule has 2 aliphatic heterocycles. The molecule has 5 nitrogen and oxygen atoms in total. The summed E-state index contributed by atoms with van der Waals surface area (Å²) in [6.07, 6.45) is 1.21. The van der Waals surface area contributed by atoms with Gasteiger partial charge in [0.2, 0.25) is 5.91 Å². The number of likely N-dealkylation sites (tertiary alicyclic amines) is 1. The van der Waals surface area contributed by atoms with Crippen molar-refractivity contribution in [2.45, 2.75) is 39.2 Å². The van der Waals surface area contributed by atoms with Gasteiger partial charge < -0.3 is 14.5 Å². The summed E-state index contributed by atoms with van der Waals surface area (Å²) in [6, 6.07) is 16.5. The molecule has 1 saturated heterocycles. The van der Waals surface area contributed by atoms with Gasteiger partial charge in [-0.3, -0.25) is 4.79 Å². The summed E-state index contributed by atoms with van der Waals surface area (Å²) >= 11 is 0. The first-order valence-corrected chi connectivity index (χ1v) is 10.3. The smallest absolute Gasteiger partial charge is 0.410 e. The summed E-state index contributed by atoms with van der Waals surface area (Å²) in [5, 5.41) is 0. The van der Waals surface area contributed by atoms with Crippen molar-refractivity contribution < 1.29 is 14.3 Å². The first-order valence-electron chi connectivity index (χ1n) is 10.3. The van der Waals surface area contributed by atoms with E-state index in [1.807, 2.05) is 56.0 Å². The zero-order valence-electron chi connectivity index (χ0n) is 17.4. The van der Waals surface area contributed by atoms with Crippen LogP contribution in [0.25, 0.3) is 11.1 Å². The molecule has 5 heteroatoms. The number of carbonyl (C=O) groups is 2. The number of nitrogens with zero attached hydrogens (tertiary/aromatic N) is 2. The molecule has 0 spiro atoms. The Bertz CT molecular complexity index is 917. The van der Waals surface area contributed by atoms with Crippen LogP contribution in [0.2, 0.25) is 0 Å². The Hall–Kier alpha value is -2.82. The van der Waals surface area contributed by atoms with Gasteiger partial charge in [0, 0.05) is 25.3 Å². The number of benzene rings is 2. The van der Waals surface area contributed by atoms with E-state index in [4.69, 9.17) is 4.74 Å². The van der Waals surface area contributed by atoms with E-state index in [2.05, 4.69) is 18.2 Å². The van der Waals surface area contributed by atoms with Gasteiger partial charge in [0.05, 0.1) is 5.92 Å². The third kappa shape index (κ3) is 4.00. The van der Waals surface area contributed by atoms with Crippen molar-refractivity contribution in [3.63, 3.8) is 0 Å². The van der Waals surface area contributed by atoms with E-state index >= 15 is 0 Å². The highest BCUT2D eigenvalue weighted by Crippen LogP contribution is 2.37. The monoisotopic (exact) mass is 392 g/mol. The summed E-state index contributed by atoms with van der Waals surface area (Å²) in [6.45, 7) is 7.26. The van der Waals surface area contributed by atoms with Crippen LogP contribution >= 0.6 is 0 Å². The molecule has 4 rings (SSSR count). The fraction of sp³-hybridized carbons (Fsp3) is 0.417. The van der Waals surface area contributed by atoms with E-state index in [9.17, 15) is 9.59 Å². The molecule has 0 aromatic heterocycles. The topological polar surface area (TPSA) is 49.9 Å². The van der Waals surface area contributed by atoms with Gasteiger partial charge in [0.1, 0.15) is 5.60 Å². The van der Waals surface area contributed by atoms with Gasteiger partial charge in [0.15, 0.2) is 0 Å². The molecule has 1 atom stereocenters. The maximum atomic E-state index is 13.3. The molecule has 2 heterocycles. The molecule has 2 amide bonds. The number of hydrogen-bond acceptors (Lipinski definition) is 3. The lowest BCUT2D eigenvalue weighted by molar-refractivity contribution is -0.121. The highest BCUT2D eigenvalue weighted by molar-refractivity contribution is 5.99. The average Bonchev–Trinajstić information content (AvgIpc) is 3.34. The molecule has 2 aromatic carbocycles. The molecule has 0 saturated carbocycles. The summed E-state index contributed by atoms with van der Waals surface area (Å²) in [5.41, 5.74) is 4.08. The maximum absolute atomic E-state index is 13.3. The zero-order chi connectivity index (χ0) is 20.6. The van der Waals surface area contributed by atoms with Crippen molar-refractivity contribution in [3.05, 3.63) is 54.1 Å². The molecule has 152 valence electrons. The number of amides is 2. The van der Waals surface area contributed by atoms with Crippen LogP contribution in [0.1, 0.15) is 32.8 Å². The number of ether oxygens (including phenoxy) is 1. The quantitative estimate of drug-likeness (QED) is 0.756. The Balaban J connectivity index is 1.49. The van der Waals surface area contributed by atoms with Gasteiger partial charge in [-0.2, -0.15) is 0 Å². The van der Waals surface area contributed by atoms with Crippen LogP contribution in [0.5, 0.6) is 0 Å². The van der Waals surface area contributed by atoms with Crippen molar-refractivity contribution in [1.29, 1.82) is 0 Å². The van der Waals surface area contributed by atoms with Gasteiger partial charge in [0.25, 0.3) is 0 Å². The Kier molecular flexibility index (Phi) is 5.07. The predicted octanol–water partition coefficient (Wildman–Crippen LogP) is 4.50. The van der Waals surface area contributed by atoms with Crippen LogP contribution in [0, 0.1) is 5.92 Å². The Morgan fingerprint density at radius 2 is 1.76 bits per heavy atom. The van der Waals surface area contributed by atoms with E-state index < -0.39 is 5.60 Å². The van der Waals surface area contributed by atoms with E-state index in [0.29, 0.717) is 26.1 Å². The maximum Gasteiger partial charge on any atom is 0.410 e. The normalized spacial score (nSPS) is 18.7. The zero-order valence-corrected chi connectivity index (χ0v) is 17.4. The van der Waals surface area contributed by atoms with Crippen LogP contribution in [-0.2, 0) is 16.0 Å². The number of hydrogen-bond donors (Lipinski definition) is 0. The number of rotatable bonds is 2. The fourth-order valence-corrected chi connectivity index (χ4v) is 4.23. The Morgan fingerprint density at radius 1 is 1.00 bits per heavy atom. The molecule has 29 heavy (non-hydrogen) atoms. The minimum Gasteiger partial charge on any atom is -0.444 e. The standard InChI is InChI=1S/C24H28N2O3/c1-24(2,3)29-23(28)25-14-12-18(16-25)22(27)26-15-13-20-19(10-7-11-21(20)26)17-8-5-4-6-9-17/h4-11,18H,12-16H2,1-3H3/t18-/m0/s1. The lowest BCUT2D eigenvalue weighted by Crippen LogP contribution is -2.39. The van der Waals surface area contributed by atoms with Crippen LogP contribution in [-0.4, -0.2) is 42.1 Å². The van der Waals surface area contributed by atoms with E-state index in [1.54, 1.807) is 4.90 Å². The summed E-state index contributed by atoms with van der Waals surface area (Å²) < 4.78 is 5.46. The molecule has 0 unspecified atom stereocenters. The van der Waals surface area contributed by atoms with Crippen molar-refractivity contribution in [2.75, 3.05) is 24.5 Å². The third-order valence-electron chi connectivity index (χ3n) is 5.57. The van der Waals surface area contributed by atoms with Gasteiger partial charge >= 0.3 is 6.09 Å². The van der Waals surface area contributed by atoms with Crippen molar-refractivity contribution in [3.8, 4) is 11.1 Å².